The number of ether oxygens (including phenoxy) is 1. The molecule has 17 heavy (non-hydrogen) atoms. The summed E-state index contributed by atoms with van der Waals surface area (Å²) in [6, 6.07) is 3.67. The molecule has 0 aliphatic rings. The molecule has 0 amide bonds. The maximum atomic E-state index is 13.5. The quantitative estimate of drug-likeness (QED) is 0.769. The van der Waals surface area contributed by atoms with E-state index in [2.05, 4.69) is 0 Å². The molecule has 0 radical (unpaired) electrons. The molecule has 0 heterocycles. The van der Waals surface area contributed by atoms with Crippen LogP contribution in [0, 0.1) is 5.82 Å². The fourth-order valence-corrected chi connectivity index (χ4v) is 1.75. The van der Waals surface area contributed by atoms with Gasteiger partial charge in [0.05, 0.1) is 12.7 Å². The van der Waals surface area contributed by atoms with E-state index in [1.807, 2.05) is 0 Å². The Kier molecular flexibility index (Phi) is 3.87. The van der Waals surface area contributed by atoms with Crippen LogP contribution in [0.3, 0.4) is 0 Å². The summed E-state index contributed by atoms with van der Waals surface area (Å²) in [6.07, 6.45) is 0.941. The Hall–Kier alpha value is -1.43. The molecule has 0 aliphatic heterocycles. The molecular formula is C11H13FO4S. The number of Topliss-reactive ketones (excluding diaryl/α,β-unsaturated/α-hetero) is 1. The van der Waals surface area contributed by atoms with Gasteiger partial charge in [-0.1, -0.05) is 0 Å². The second-order valence-corrected chi connectivity index (χ2v) is 6.05. The molecule has 6 heteroatoms. The molecule has 0 aromatic heterocycles. The van der Waals surface area contributed by atoms with E-state index in [0.29, 0.717) is 0 Å². The first-order valence-corrected chi connectivity index (χ1v) is 6.79. The topological polar surface area (TPSA) is 60.4 Å². The summed E-state index contributed by atoms with van der Waals surface area (Å²) in [4.78, 5) is 11.8. The van der Waals surface area contributed by atoms with Crippen LogP contribution < -0.4 is 4.74 Å². The maximum Gasteiger partial charge on any atom is 0.183 e. The number of methoxy groups -OCH3 is 1. The van der Waals surface area contributed by atoms with Crippen LogP contribution in [0.4, 0.5) is 4.39 Å². The lowest BCUT2D eigenvalue weighted by molar-refractivity contribution is 0.0987. The number of halogens is 1. The third-order valence-electron chi connectivity index (χ3n) is 2.45. The number of carbonyl (C=O) groups is 1. The molecule has 1 aromatic rings. The van der Waals surface area contributed by atoms with Crippen molar-refractivity contribution in [3.8, 4) is 5.75 Å². The Morgan fingerprint density at radius 2 is 2.00 bits per heavy atom. The fraction of sp³-hybridized carbons (Fsp3) is 0.364. The number of rotatable bonds is 4. The molecule has 0 aliphatic carbocycles. The molecule has 1 atom stereocenters. The molecule has 0 spiro atoms. The monoisotopic (exact) mass is 260 g/mol. The van der Waals surface area contributed by atoms with Crippen LogP contribution in [0.1, 0.15) is 17.3 Å². The lowest BCUT2D eigenvalue weighted by Crippen LogP contribution is -2.27. The minimum Gasteiger partial charge on any atom is -0.497 e. The third kappa shape index (κ3) is 3.03. The van der Waals surface area contributed by atoms with E-state index in [1.54, 1.807) is 0 Å². The van der Waals surface area contributed by atoms with E-state index >= 15 is 0 Å². The molecule has 0 bridgehead atoms. The van der Waals surface area contributed by atoms with Gasteiger partial charge in [0.2, 0.25) is 0 Å². The van der Waals surface area contributed by atoms with E-state index in [9.17, 15) is 17.6 Å². The number of sulfone groups is 1. The zero-order valence-corrected chi connectivity index (χ0v) is 10.5. The Labute approximate surface area is 99.3 Å². The van der Waals surface area contributed by atoms with Crippen molar-refractivity contribution >= 4 is 15.6 Å². The van der Waals surface area contributed by atoms with Crippen molar-refractivity contribution in [1.29, 1.82) is 0 Å². The van der Waals surface area contributed by atoms with Gasteiger partial charge in [0, 0.05) is 12.3 Å². The summed E-state index contributed by atoms with van der Waals surface area (Å²) >= 11 is 0. The molecular weight excluding hydrogens is 247 g/mol. The van der Waals surface area contributed by atoms with Crippen molar-refractivity contribution in [2.75, 3.05) is 13.4 Å². The molecule has 0 saturated heterocycles. The van der Waals surface area contributed by atoms with E-state index in [1.165, 1.54) is 26.2 Å². The van der Waals surface area contributed by atoms with Gasteiger partial charge in [-0.3, -0.25) is 4.79 Å². The highest BCUT2D eigenvalue weighted by Gasteiger charge is 2.26. The van der Waals surface area contributed by atoms with Gasteiger partial charge in [0.15, 0.2) is 15.6 Å². The van der Waals surface area contributed by atoms with E-state index in [4.69, 9.17) is 4.74 Å². The molecule has 1 unspecified atom stereocenters. The van der Waals surface area contributed by atoms with Gasteiger partial charge in [0.25, 0.3) is 0 Å². The Balaban J connectivity index is 3.14. The highest BCUT2D eigenvalue weighted by molar-refractivity contribution is 7.92. The molecule has 0 fully saturated rings. The molecule has 1 rings (SSSR count). The summed E-state index contributed by atoms with van der Waals surface area (Å²) in [7, 11) is -2.16. The minimum atomic E-state index is -3.53. The summed E-state index contributed by atoms with van der Waals surface area (Å²) in [5, 5.41) is -1.26. The molecule has 94 valence electrons. The number of hydrogen-bond acceptors (Lipinski definition) is 4. The van der Waals surface area contributed by atoms with Gasteiger partial charge in [-0.25, -0.2) is 12.8 Å². The molecule has 1 aromatic carbocycles. The van der Waals surface area contributed by atoms with Crippen LogP contribution >= 0.6 is 0 Å². The highest BCUT2D eigenvalue weighted by atomic mass is 32.2. The smallest absolute Gasteiger partial charge is 0.183 e. The van der Waals surface area contributed by atoms with Gasteiger partial charge >= 0.3 is 0 Å². The zero-order valence-electron chi connectivity index (χ0n) is 9.73. The van der Waals surface area contributed by atoms with Gasteiger partial charge in [-0.15, -0.1) is 0 Å². The molecule has 0 N–H and O–H groups in total. The van der Waals surface area contributed by atoms with Crippen molar-refractivity contribution in [3.63, 3.8) is 0 Å². The van der Waals surface area contributed by atoms with Gasteiger partial charge in [-0.05, 0) is 19.1 Å². The van der Waals surface area contributed by atoms with Crippen molar-refractivity contribution < 1.29 is 22.3 Å². The summed E-state index contributed by atoms with van der Waals surface area (Å²) in [6.45, 7) is 1.24. The predicted octanol–water partition coefficient (Wildman–Crippen LogP) is 1.45. The van der Waals surface area contributed by atoms with Crippen molar-refractivity contribution in [2.45, 2.75) is 12.2 Å². The Morgan fingerprint density at radius 1 is 1.41 bits per heavy atom. The lowest BCUT2D eigenvalue weighted by Gasteiger charge is -2.09. The van der Waals surface area contributed by atoms with Gasteiger partial charge in [-0.2, -0.15) is 0 Å². The normalized spacial score (nSPS) is 13.2. The second-order valence-electron chi connectivity index (χ2n) is 3.68. The average molecular weight is 260 g/mol. The van der Waals surface area contributed by atoms with Crippen molar-refractivity contribution in [2.24, 2.45) is 0 Å². The van der Waals surface area contributed by atoms with Crippen LogP contribution in [0.5, 0.6) is 5.75 Å². The van der Waals surface area contributed by atoms with Crippen molar-refractivity contribution in [3.05, 3.63) is 29.6 Å². The zero-order chi connectivity index (χ0) is 13.2. The van der Waals surface area contributed by atoms with E-state index in [0.717, 1.165) is 12.3 Å². The van der Waals surface area contributed by atoms with Crippen molar-refractivity contribution in [1.82, 2.24) is 0 Å². The highest BCUT2D eigenvalue weighted by Crippen LogP contribution is 2.19. The summed E-state index contributed by atoms with van der Waals surface area (Å²) in [5.74, 6) is -1.27. The molecule has 0 saturated carbocycles. The van der Waals surface area contributed by atoms with Crippen LogP contribution in [-0.4, -0.2) is 32.8 Å². The first-order chi connectivity index (χ1) is 7.77. The standard InChI is InChI=1S/C11H13FO4S/c1-7(17(3,14)15)11(13)9-5-4-8(16-2)6-10(9)12/h4-7H,1-3H3. The number of benzene rings is 1. The summed E-state index contributed by atoms with van der Waals surface area (Å²) < 4.78 is 40.8. The van der Waals surface area contributed by atoms with Gasteiger partial charge < -0.3 is 4.74 Å². The number of ketones is 1. The Morgan fingerprint density at radius 3 is 2.41 bits per heavy atom. The van der Waals surface area contributed by atoms with E-state index in [-0.39, 0.29) is 11.3 Å². The fourth-order valence-electron chi connectivity index (χ4n) is 1.24. The lowest BCUT2D eigenvalue weighted by atomic mass is 10.1. The SMILES string of the molecule is COc1ccc(C(=O)C(C)S(C)(=O)=O)c(F)c1. The number of hydrogen-bond donors (Lipinski definition) is 0. The average Bonchev–Trinajstić information content (AvgIpc) is 2.25. The van der Waals surface area contributed by atoms with Crippen LogP contribution in [-0.2, 0) is 9.84 Å². The van der Waals surface area contributed by atoms with Gasteiger partial charge in [0.1, 0.15) is 16.8 Å². The largest absolute Gasteiger partial charge is 0.497 e. The van der Waals surface area contributed by atoms with Crippen LogP contribution in [0.25, 0.3) is 0 Å². The third-order valence-corrected chi connectivity index (χ3v) is 3.95. The first-order valence-electron chi connectivity index (χ1n) is 4.84. The Bertz CT molecular complexity index is 536. The van der Waals surface area contributed by atoms with Crippen LogP contribution in [0.2, 0.25) is 0 Å². The molecule has 4 nitrogen and oxygen atoms in total. The summed E-state index contributed by atoms with van der Waals surface area (Å²) in [5.41, 5.74) is -0.247. The van der Waals surface area contributed by atoms with E-state index < -0.39 is 26.7 Å². The van der Waals surface area contributed by atoms with Crippen LogP contribution in [0.15, 0.2) is 18.2 Å². The maximum absolute atomic E-state index is 13.5. The predicted molar refractivity (Wildman–Crippen MR) is 61.6 cm³/mol. The number of carbonyl (C=O) groups excluding carboxylic acids is 1. The minimum absolute atomic E-state index is 0.247. The first kappa shape index (κ1) is 13.6. The second kappa shape index (κ2) is 4.83.